The van der Waals surface area contributed by atoms with E-state index < -0.39 is 0 Å². The lowest BCUT2D eigenvalue weighted by Gasteiger charge is -2.10. The second kappa shape index (κ2) is 6.88. The fourth-order valence-corrected chi connectivity index (χ4v) is 3.32. The summed E-state index contributed by atoms with van der Waals surface area (Å²) in [5, 5.41) is 3.91. The third-order valence-corrected chi connectivity index (χ3v) is 5.01. The summed E-state index contributed by atoms with van der Waals surface area (Å²) in [5.74, 6) is 1.21. The lowest BCUT2D eigenvalue weighted by Crippen LogP contribution is -2.23. The Hall–Kier alpha value is -3.54. The minimum absolute atomic E-state index is 0.0841. The lowest BCUT2D eigenvalue weighted by atomic mass is 10.1. The van der Waals surface area contributed by atoms with E-state index in [0.29, 0.717) is 18.0 Å². The maximum Gasteiger partial charge on any atom is 0.252 e. The first-order chi connectivity index (χ1) is 13.8. The minimum Gasteiger partial charge on any atom is -0.348 e. The lowest BCUT2D eigenvalue weighted by molar-refractivity contribution is 0.0952. The van der Waals surface area contributed by atoms with E-state index in [-0.39, 0.29) is 5.91 Å². The zero-order valence-corrected chi connectivity index (χ0v) is 15.2. The van der Waals surface area contributed by atoms with E-state index in [1.165, 1.54) is 0 Å². The van der Waals surface area contributed by atoms with Crippen LogP contribution in [0.1, 0.15) is 40.4 Å². The highest BCUT2D eigenvalue weighted by atomic mass is 16.1. The molecule has 1 aliphatic carbocycles. The molecule has 1 amide bonds. The standard InChI is InChI=1S/C22H19N5O/c28-22(25-13-15-5-8-21(24-12-15)27-10-9-23-14-27)18-11-20(16-6-7-16)26-19-4-2-1-3-17(18)19/h1-5,8-12,14,16H,6-7,13H2,(H,25,28). The zero-order chi connectivity index (χ0) is 18.9. The first-order valence-electron chi connectivity index (χ1n) is 9.39. The summed E-state index contributed by atoms with van der Waals surface area (Å²) < 4.78 is 1.84. The van der Waals surface area contributed by atoms with Gasteiger partial charge in [-0.3, -0.25) is 14.3 Å². The number of benzene rings is 1. The zero-order valence-electron chi connectivity index (χ0n) is 15.2. The maximum atomic E-state index is 12.9. The second-order valence-corrected chi connectivity index (χ2v) is 7.06. The van der Waals surface area contributed by atoms with Gasteiger partial charge in [0.1, 0.15) is 12.1 Å². The quantitative estimate of drug-likeness (QED) is 0.583. The van der Waals surface area contributed by atoms with E-state index in [2.05, 4.69) is 15.3 Å². The van der Waals surface area contributed by atoms with Gasteiger partial charge in [-0.1, -0.05) is 24.3 Å². The molecule has 3 aromatic heterocycles. The molecule has 6 heteroatoms. The van der Waals surface area contributed by atoms with Crippen LogP contribution >= 0.6 is 0 Å². The predicted octanol–water partition coefficient (Wildman–Crippen LogP) is 3.62. The molecule has 1 aromatic carbocycles. The van der Waals surface area contributed by atoms with E-state index >= 15 is 0 Å². The number of fused-ring (bicyclic) bond motifs is 1. The van der Waals surface area contributed by atoms with Crippen molar-refractivity contribution in [2.45, 2.75) is 25.3 Å². The SMILES string of the molecule is O=C(NCc1ccc(-n2ccnc2)nc1)c1cc(C2CC2)nc2ccccc12. The molecule has 1 fully saturated rings. The van der Waals surface area contributed by atoms with Gasteiger partial charge < -0.3 is 5.32 Å². The molecular formula is C22H19N5O. The monoisotopic (exact) mass is 369 g/mol. The molecule has 0 radical (unpaired) electrons. The Bertz CT molecular complexity index is 1130. The van der Waals surface area contributed by atoms with E-state index in [4.69, 9.17) is 4.98 Å². The summed E-state index contributed by atoms with van der Waals surface area (Å²) >= 11 is 0. The Balaban J connectivity index is 1.35. The number of carbonyl (C=O) groups excluding carboxylic acids is 1. The van der Waals surface area contributed by atoms with Gasteiger partial charge in [0, 0.05) is 42.1 Å². The van der Waals surface area contributed by atoms with Gasteiger partial charge >= 0.3 is 0 Å². The van der Waals surface area contributed by atoms with Crippen LogP contribution in [-0.4, -0.2) is 25.4 Å². The van der Waals surface area contributed by atoms with Crippen molar-refractivity contribution in [1.82, 2.24) is 24.8 Å². The van der Waals surface area contributed by atoms with Gasteiger partial charge in [0.05, 0.1) is 11.1 Å². The summed E-state index contributed by atoms with van der Waals surface area (Å²) in [6.45, 7) is 0.422. The molecule has 6 nitrogen and oxygen atoms in total. The Morgan fingerprint density at radius 1 is 1.18 bits per heavy atom. The van der Waals surface area contributed by atoms with Crippen LogP contribution in [0, 0.1) is 0 Å². The van der Waals surface area contributed by atoms with Crippen molar-refractivity contribution in [3.8, 4) is 5.82 Å². The van der Waals surface area contributed by atoms with Gasteiger partial charge in [-0.05, 0) is 36.6 Å². The first-order valence-corrected chi connectivity index (χ1v) is 9.39. The number of rotatable bonds is 5. The third-order valence-electron chi connectivity index (χ3n) is 5.01. The van der Waals surface area contributed by atoms with Crippen LogP contribution < -0.4 is 5.32 Å². The van der Waals surface area contributed by atoms with Crippen LogP contribution in [0.5, 0.6) is 0 Å². The summed E-state index contributed by atoms with van der Waals surface area (Å²) in [4.78, 5) is 26.1. The molecule has 0 spiro atoms. The minimum atomic E-state index is -0.0841. The van der Waals surface area contributed by atoms with E-state index in [9.17, 15) is 4.79 Å². The van der Waals surface area contributed by atoms with Gasteiger partial charge in [0.15, 0.2) is 0 Å². The van der Waals surface area contributed by atoms with Gasteiger partial charge in [-0.2, -0.15) is 0 Å². The van der Waals surface area contributed by atoms with Crippen LogP contribution in [0.4, 0.5) is 0 Å². The van der Waals surface area contributed by atoms with Crippen molar-refractivity contribution in [2.75, 3.05) is 0 Å². The number of amides is 1. The smallest absolute Gasteiger partial charge is 0.252 e. The highest BCUT2D eigenvalue weighted by molar-refractivity contribution is 6.06. The van der Waals surface area contributed by atoms with Crippen molar-refractivity contribution in [3.05, 3.63) is 84.2 Å². The highest BCUT2D eigenvalue weighted by Gasteiger charge is 2.26. The number of carbonyl (C=O) groups is 1. The summed E-state index contributed by atoms with van der Waals surface area (Å²) in [5.41, 5.74) is 3.53. The van der Waals surface area contributed by atoms with Crippen molar-refractivity contribution in [1.29, 1.82) is 0 Å². The number of nitrogens with zero attached hydrogens (tertiary/aromatic N) is 4. The molecule has 0 bridgehead atoms. The maximum absolute atomic E-state index is 12.9. The molecule has 3 heterocycles. The molecular weight excluding hydrogens is 350 g/mol. The van der Waals surface area contributed by atoms with Gasteiger partial charge in [-0.25, -0.2) is 9.97 Å². The molecule has 1 saturated carbocycles. The Morgan fingerprint density at radius 3 is 2.82 bits per heavy atom. The molecule has 0 saturated heterocycles. The molecule has 0 aliphatic heterocycles. The summed E-state index contributed by atoms with van der Waals surface area (Å²) in [6.07, 6.45) is 9.34. The summed E-state index contributed by atoms with van der Waals surface area (Å²) in [7, 11) is 0. The van der Waals surface area contributed by atoms with Crippen molar-refractivity contribution in [3.63, 3.8) is 0 Å². The Kier molecular flexibility index (Phi) is 4.09. The molecule has 138 valence electrons. The number of hydrogen-bond donors (Lipinski definition) is 1. The fourth-order valence-electron chi connectivity index (χ4n) is 3.32. The van der Waals surface area contributed by atoms with Crippen molar-refractivity contribution >= 4 is 16.8 Å². The largest absolute Gasteiger partial charge is 0.348 e. The Morgan fingerprint density at radius 2 is 2.07 bits per heavy atom. The number of pyridine rings is 2. The van der Waals surface area contributed by atoms with Crippen molar-refractivity contribution < 1.29 is 4.79 Å². The summed E-state index contributed by atoms with van der Waals surface area (Å²) in [6, 6.07) is 13.7. The molecule has 0 atom stereocenters. The fraction of sp³-hybridized carbons (Fsp3) is 0.182. The average molecular weight is 369 g/mol. The topological polar surface area (TPSA) is 72.7 Å². The molecule has 5 rings (SSSR count). The number of hydrogen-bond acceptors (Lipinski definition) is 4. The number of aromatic nitrogens is 4. The van der Waals surface area contributed by atoms with Crippen LogP contribution in [0.2, 0.25) is 0 Å². The Labute approximate surface area is 162 Å². The number of imidazole rings is 1. The molecule has 1 aliphatic rings. The number of para-hydroxylation sites is 1. The van der Waals surface area contributed by atoms with E-state index in [1.54, 1.807) is 18.7 Å². The van der Waals surface area contributed by atoms with E-state index in [0.717, 1.165) is 40.8 Å². The highest BCUT2D eigenvalue weighted by Crippen LogP contribution is 2.40. The molecule has 28 heavy (non-hydrogen) atoms. The molecule has 4 aromatic rings. The van der Waals surface area contributed by atoms with Crippen LogP contribution in [-0.2, 0) is 6.54 Å². The van der Waals surface area contributed by atoms with Crippen LogP contribution in [0.25, 0.3) is 16.7 Å². The normalized spacial score (nSPS) is 13.6. The van der Waals surface area contributed by atoms with Crippen LogP contribution in [0.3, 0.4) is 0 Å². The van der Waals surface area contributed by atoms with E-state index in [1.807, 2.05) is 53.2 Å². The van der Waals surface area contributed by atoms with Crippen LogP contribution in [0.15, 0.2) is 67.4 Å². The average Bonchev–Trinajstić information content (AvgIpc) is 3.45. The second-order valence-electron chi connectivity index (χ2n) is 7.06. The predicted molar refractivity (Wildman–Crippen MR) is 106 cm³/mol. The molecule has 0 unspecified atom stereocenters. The number of nitrogens with one attached hydrogen (secondary N) is 1. The molecule has 1 N–H and O–H groups in total. The van der Waals surface area contributed by atoms with Gasteiger partial charge in [0.25, 0.3) is 5.91 Å². The van der Waals surface area contributed by atoms with Gasteiger partial charge in [0.2, 0.25) is 0 Å². The van der Waals surface area contributed by atoms with Gasteiger partial charge in [-0.15, -0.1) is 0 Å². The van der Waals surface area contributed by atoms with Crippen molar-refractivity contribution in [2.24, 2.45) is 0 Å². The third kappa shape index (κ3) is 3.24. The first kappa shape index (κ1) is 16.6.